The average molecular weight is 302 g/mol. The molecule has 0 radical (unpaired) electrons. The Morgan fingerprint density at radius 3 is 2.58 bits per heavy atom. The highest BCUT2D eigenvalue weighted by Gasteiger charge is 2.39. The number of nitrogens with two attached hydrogens (primary N) is 1. The van der Waals surface area contributed by atoms with E-state index in [2.05, 4.69) is 9.82 Å². The molecule has 0 spiro atoms. The highest BCUT2D eigenvalue weighted by molar-refractivity contribution is 7.89. The number of hydrogen-bond donors (Lipinski definition) is 2. The summed E-state index contributed by atoms with van der Waals surface area (Å²) in [6.07, 6.45) is 5.68. The van der Waals surface area contributed by atoms with Crippen LogP contribution in [0.5, 0.6) is 0 Å². The van der Waals surface area contributed by atoms with Gasteiger partial charge in [-0.1, -0.05) is 31.5 Å². The summed E-state index contributed by atoms with van der Waals surface area (Å²) in [5.74, 6) is 0. The molecule has 1 aromatic rings. The fourth-order valence-electron chi connectivity index (χ4n) is 2.49. The summed E-state index contributed by atoms with van der Waals surface area (Å²) >= 11 is 5.09. The maximum atomic E-state index is 12.4. The molecule has 8 heteroatoms. The van der Waals surface area contributed by atoms with E-state index in [0.717, 1.165) is 19.3 Å². The van der Waals surface area contributed by atoms with Crippen LogP contribution in [0.15, 0.2) is 17.3 Å². The molecule has 0 atom stereocenters. The molecule has 0 aromatic carbocycles. The molecule has 1 saturated carbocycles. The molecule has 1 aromatic heterocycles. The van der Waals surface area contributed by atoms with Gasteiger partial charge in [-0.05, 0) is 18.9 Å². The van der Waals surface area contributed by atoms with Gasteiger partial charge in [-0.15, -0.1) is 0 Å². The van der Waals surface area contributed by atoms with Crippen molar-refractivity contribution in [2.24, 2.45) is 12.8 Å². The number of aryl methyl sites for hydroxylation is 1. The molecular formula is C11H18N4O2S2. The Balaban J connectivity index is 2.32. The number of nitrogens with zero attached hydrogens (tertiary/aromatic N) is 2. The first-order valence-corrected chi connectivity index (χ1v) is 8.08. The Morgan fingerprint density at radius 2 is 2.11 bits per heavy atom. The lowest BCUT2D eigenvalue weighted by molar-refractivity contribution is 0.352. The molecule has 1 fully saturated rings. The molecule has 19 heavy (non-hydrogen) atoms. The van der Waals surface area contributed by atoms with Gasteiger partial charge in [0, 0.05) is 7.05 Å². The van der Waals surface area contributed by atoms with Crippen LogP contribution in [0.2, 0.25) is 0 Å². The Hall–Kier alpha value is -0.990. The molecule has 0 bridgehead atoms. The van der Waals surface area contributed by atoms with Gasteiger partial charge in [0.25, 0.3) is 10.0 Å². The minimum absolute atomic E-state index is 0.119. The largest absolute Gasteiger partial charge is 0.392 e. The first kappa shape index (κ1) is 14.4. The molecule has 6 nitrogen and oxygen atoms in total. The quantitative estimate of drug-likeness (QED) is 0.799. The normalized spacial score (nSPS) is 19.2. The Morgan fingerprint density at radius 1 is 1.47 bits per heavy atom. The fourth-order valence-corrected chi connectivity index (χ4v) is 4.38. The topological polar surface area (TPSA) is 90.0 Å². The van der Waals surface area contributed by atoms with E-state index in [4.69, 9.17) is 18.0 Å². The van der Waals surface area contributed by atoms with Crippen molar-refractivity contribution in [1.29, 1.82) is 0 Å². The minimum atomic E-state index is -3.67. The first-order valence-electron chi connectivity index (χ1n) is 6.19. The zero-order valence-electron chi connectivity index (χ0n) is 10.8. The van der Waals surface area contributed by atoms with Gasteiger partial charge in [0.1, 0.15) is 0 Å². The van der Waals surface area contributed by atoms with Crippen molar-refractivity contribution in [2.45, 2.75) is 42.7 Å². The number of thiocarbonyl (C=S) groups is 1. The predicted molar refractivity (Wildman–Crippen MR) is 76.1 cm³/mol. The summed E-state index contributed by atoms with van der Waals surface area (Å²) in [5, 5.41) is 4.00. The van der Waals surface area contributed by atoms with Crippen LogP contribution in [0, 0.1) is 0 Å². The lowest BCUT2D eigenvalue weighted by atomic mass is 9.82. The van der Waals surface area contributed by atoms with Crippen molar-refractivity contribution in [2.75, 3.05) is 0 Å². The predicted octanol–water partition coefficient (Wildman–Crippen LogP) is 0.687. The third kappa shape index (κ3) is 2.80. The van der Waals surface area contributed by atoms with Crippen molar-refractivity contribution in [3.8, 4) is 0 Å². The van der Waals surface area contributed by atoms with Crippen LogP contribution in [-0.2, 0) is 17.1 Å². The molecule has 0 amide bonds. The maximum absolute atomic E-state index is 12.4. The van der Waals surface area contributed by atoms with E-state index in [-0.39, 0.29) is 10.0 Å². The summed E-state index contributed by atoms with van der Waals surface area (Å²) in [5.41, 5.74) is 4.99. The fraction of sp³-hybridized carbons (Fsp3) is 0.636. The van der Waals surface area contributed by atoms with Crippen LogP contribution < -0.4 is 10.5 Å². The van der Waals surface area contributed by atoms with E-state index in [1.54, 1.807) is 7.05 Å². The maximum Gasteiger partial charge on any atom is 0.258 e. The van der Waals surface area contributed by atoms with Crippen LogP contribution in [-0.4, -0.2) is 28.7 Å². The Kier molecular flexibility index (Phi) is 3.93. The smallest absolute Gasteiger partial charge is 0.258 e. The lowest BCUT2D eigenvalue weighted by Crippen LogP contribution is -2.57. The number of sulfonamides is 1. The lowest BCUT2D eigenvalue weighted by Gasteiger charge is -2.36. The third-order valence-electron chi connectivity index (χ3n) is 3.56. The summed E-state index contributed by atoms with van der Waals surface area (Å²) in [7, 11) is -2.08. The van der Waals surface area contributed by atoms with Gasteiger partial charge < -0.3 is 5.73 Å². The second-order valence-electron chi connectivity index (χ2n) is 4.91. The van der Waals surface area contributed by atoms with Crippen LogP contribution in [0.3, 0.4) is 0 Å². The van der Waals surface area contributed by atoms with Crippen LogP contribution in [0.4, 0.5) is 0 Å². The molecule has 2 rings (SSSR count). The van der Waals surface area contributed by atoms with Crippen molar-refractivity contribution < 1.29 is 8.42 Å². The van der Waals surface area contributed by atoms with Gasteiger partial charge in [0.15, 0.2) is 5.03 Å². The van der Waals surface area contributed by atoms with Gasteiger partial charge in [0.2, 0.25) is 0 Å². The Bertz CT molecular complexity index is 573. The SMILES string of the molecule is Cn1nccc1S(=O)(=O)NC1(C(N)=S)CCCCC1. The molecule has 1 aliphatic rings. The van der Waals surface area contributed by atoms with Crippen LogP contribution in [0.25, 0.3) is 0 Å². The zero-order valence-corrected chi connectivity index (χ0v) is 12.4. The first-order chi connectivity index (χ1) is 8.87. The van der Waals surface area contributed by atoms with Gasteiger partial charge in [-0.3, -0.25) is 4.68 Å². The Labute approximate surface area is 118 Å². The van der Waals surface area contributed by atoms with E-state index < -0.39 is 15.6 Å². The summed E-state index contributed by atoms with van der Waals surface area (Å²) in [6.45, 7) is 0. The summed E-state index contributed by atoms with van der Waals surface area (Å²) < 4.78 is 28.8. The summed E-state index contributed by atoms with van der Waals surface area (Å²) in [6, 6.07) is 1.46. The highest BCUT2D eigenvalue weighted by Crippen LogP contribution is 2.30. The number of hydrogen-bond acceptors (Lipinski definition) is 4. The van der Waals surface area contributed by atoms with E-state index in [1.807, 2.05) is 0 Å². The van der Waals surface area contributed by atoms with Gasteiger partial charge in [-0.25, -0.2) is 8.42 Å². The van der Waals surface area contributed by atoms with Gasteiger partial charge in [-0.2, -0.15) is 9.82 Å². The van der Waals surface area contributed by atoms with Crippen molar-refractivity contribution in [1.82, 2.24) is 14.5 Å². The van der Waals surface area contributed by atoms with Crippen LogP contribution in [0.1, 0.15) is 32.1 Å². The molecule has 1 heterocycles. The van der Waals surface area contributed by atoms with Gasteiger partial charge >= 0.3 is 0 Å². The van der Waals surface area contributed by atoms with Crippen LogP contribution >= 0.6 is 12.2 Å². The zero-order chi connectivity index (χ0) is 14.1. The van der Waals surface area contributed by atoms with E-state index in [0.29, 0.717) is 12.8 Å². The van der Waals surface area contributed by atoms with Crippen molar-refractivity contribution in [3.05, 3.63) is 12.3 Å². The molecular weight excluding hydrogens is 284 g/mol. The van der Waals surface area contributed by atoms with Crippen molar-refractivity contribution in [3.63, 3.8) is 0 Å². The molecule has 1 aliphatic carbocycles. The van der Waals surface area contributed by atoms with Gasteiger partial charge in [0.05, 0.1) is 16.7 Å². The molecule has 3 N–H and O–H groups in total. The van der Waals surface area contributed by atoms with E-state index >= 15 is 0 Å². The highest BCUT2D eigenvalue weighted by atomic mass is 32.2. The number of aromatic nitrogens is 2. The second-order valence-corrected chi connectivity index (χ2v) is 6.97. The summed E-state index contributed by atoms with van der Waals surface area (Å²) in [4.78, 5) is 0.220. The van der Waals surface area contributed by atoms with E-state index in [1.165, 1.54) is 16.9 Å². The number of rotatable bonds is 4. The minimum Gasteiger partial charge on any atom is -0.392 e. The number of nitrogens with one attached hydrogen (secondary N) is 1. The molecule has 0 unspecified atom stereocenters. The third-order valence-corrected chi connectivity index (χ3v) is 5.56. The molecule has 0 saturated heterocycles. The monoisotopic (exact) mass is 302 g/mol. The standard InChI is InChI=1S/C11H18N4O2S2/c1-15-9(5-8-13-15)19(16,17)14-11(10(12)18)6-3-2-4-7-11/h5,8,14H,2-4,6-7H2,1H3,(H2,12,18). The van der Waals surface area contributed by atoms with E-state index in [9.17, 15) is 8.42 Å². The molecule has 0 aliphatic heterocycles. The van der Waals surface area contributed by atoms with Crippen molar-refractivity contribution >= 4 is 27.2 Å². The second kappa shape index (κ2) is 5.18. The average Bonchev–Trinajstić information content (AvgIpc) is 2.77. The molecule has 106 valence electrons.